The van der Waals surface area contributed by atoms with Crippen molar-refractivity contribution in [3.05, 3.63) is 33.8 Å². The van der Waals surface area contributed by atoms with Crippen LogP contribution in [-0.4, -0.2) is 37.5 Å². The van der Waals surface area contributed by atoms with E-state index in [0.29, 0.717) is 10.0 Å². The van der Waals surface area contributed by atoms with Gasteiger partial charge >= 0.3 is 0 Å². The lowest BCUT2D eigenvalue weighted by Crippen LogP contribution is -2.45. The van der Waals surface area contributed by atoms with E-state index in [2.05, 4.69) is 10.2 Å². The molecule has 0 spiro atoms. The van der Waals surface area contributed by atoms with Gasteiger partial charge in [0.05, 0.1) is 10.0 Å². The van der Waals surface area contributed by atoms with Crippen LogP contribution in [0, 0.1) is 0 Å². The van der Waals surface area contributed by atoms with E-state index < -0.39 is 6.43 Å². The van der Waals surface area contributed by atoms with E-state index in [0.717, 1.165) is 31.7 Å². The lowest BCUT2D eigenvalue weighted by Gasteiger charge is -2.35. The van der Waals surface area contributed by atoms with E-state index in [9.17, 15) is 8.78 Å². The lowest BCUT2D eigenvalue weighted by molar-refractivity contribution is 0.0739. The van der Waals surface area contributed by atoms with Gasteiger partial charge in [0, 0.05) is 38.6 Å². The van der Waals surface area contributed by atoms with Crippen LogP contribution in [0.25, 0.3) is 0 Å². The Bertz CT molecular complexity index is 423. The minimum atomic E-state index is -2.34. The third kappa shape index (κ3) is 4.02. The van der Waals surface area contributed by atoms with Gasteiger partial charge in [-0.1, -0.05) is 29.3 Å². The molecule has 0 unspecified atom stereocenters. The summed E-state index contributed by atoms with van der Waals surface area (Å²) in [6.45, 7) is 3.16. The Balaban J connectivity index is 2.22. The number of piperazine rings is 1. The second-order valence-electron chi connectivity index (χ2n) is 4.60. The molecule has 0 radical (unpaired) electrons. The SMILES string of the molecule is FC(F)C[C@@H](c1ccc(Cl)c(Cl)c1)N1CCNCC1. The molecule has 19 heavy (non-hydrogen) atoms. The van der Waals surface area contributed by atoms with Crippen molar-refractivity contribution in [1.29, 1.82) is 0 Å². The van der Waals surface area contributed by atoms with Gasteiger partial charge in [-0.05, 0) is 17.7 Å². The molecule has 1 aromatic rings. The largest absolute Gasteiger partial charge is 0.314 e. The Morgan fingerprint density at radius 2 is 1.84 bits per heavy atom. The molecule has 6 heteroatoms. The average molecular weight is 309 g/mol. The summed E-state index contributed by atoms with van der Waals surface area (Å²) in [5.41, 5.74) is 0.802. The van der Waals surface area contributed by atoms with E-state index in [1.807, 2.05) is 0 Å². The number of hydrogen-bond acceptors (Lipinski definition) is 2. The molecule has 1 aromatic carbocycles. The van der Waals surface area contributed by atoms with Gasteiger partial charge < -0.3 is 5.32 Å². The zero-order valence-corrected chi connectivity index (χ0v) is 11.9. The summed E-state index contributed by atoms with van der Waals surface area (Å²) in [7, 11) is 0. The summed E-state index contributed by atoms with van der Waals surface area (Å²) in [5, 5.41) is 4.08. The Labute approximate surface area is 121 Å². The van der Waals surface area contributed by atoms with Crippen molar-refractivity contribution in [2.45, 2.75) is 18.9 Å². The fourth-order valence-corrected chi connectivity index (χ4v) is 2.68. The second-order valence-corrected chi connectivity index (χ2v) is 5.42. The first-order chi connectivity index (χ1) is 9.08. The highest BCUT2D eigenvalue weighted by molar-refractivity contribution is 6.42. The van der Waals surface area contributed by atoms with Crippen LogP contribution in [-0.2, 0) is 0 Å². The molecule has 0 aromatic heterocycles. The molecule has 1 heterocycles. The van der Waals surface area contributed by atoms with Crippen LogP contribution in [0.3, 0.4) is 0 Å². The number of halogens is 4. The third-order valence-corrected chi connectivity index (χ3v) is 4.06. The average Bonchev–Trinajstić information content (AvgIpc) is 2.40. The summed E-state index contributed by atoms with van der Waals surface area (Å²) in [6.07, 6.45) is -2.52. The van der Waals surface area contributed by atoms with Gasteiger partial charge in [-0.25, -0.2) is 8.78 Å². The van der Waals surface area contributed by atoms with Gasteiger partial charge in [-0.15, -0.1) is 0 Å². The molecule has 1 aliphatic rings. The van der Waals surface area contributed by atoms with E-state index in [4.69, 9.17) is 23.2 Å². The second kappa shape index (κ2) is 6.84. The Hall–Kier alpha value is -0.420. The molecule has 0 bridgehead atoms. The first kappa shape index (κ1) is 15.0. The van der Waals surface area contributed by atoms with Gasteiger partial charge in [0.15, 0.2) is 0 Å². The molecule has 0 aliphatic carbocycles. The van der Waals surface area contributed by atoms with E-state index in [-0.39, 0.29) is 12.5 Å². The molecule has 106 valence electrons. The normalized spacial score (nSPS) is 18.8. The maximum atomic E-state index is 12.8. The zero-order chi connectivity index (χ0) is 13.8. The summed E-state index contributed by atoms with van der Waals surface area (Å²) in [4.78, 5) is 2.07. The van der Waals surface area contributed by atoms with E-state index in [1.54, 1.807) is 18.2 Å². The van der Waals surface area contributed by atoms with Crippen molar-refractivity contribution in [3.63, 3.8) is 0 Å². The molecule has 1 saturated heterocycles. The third-order valence-electron chi connectivity index (χ3n) is 3.32. The number of rotatable bonds is 4. The van der Waals surface area contributed by atoms with Crippen LogP contribution in [0.2, 0.25) is 10.0 Å². The summed E-state index contributed by atoms with van der Waals surface area (Å²) < 4.78 is 25.6. The fourth-order valence-electron chi connectivity index (χ4n) is 2.38. The molecule has 0 amide bonds. The van der Waals surface area contributed by atoms with Crippen molar-refractivity contribution < 1.29 is 8.78 Å². The van der Waals surface area contributed by atoms with Gasteiger partial charge in [0.25, 0.3) is 0 Å². The molecular weight excluding hydrogens is 293 g/mol. The van der Waals surface area contributed by atoms with E-state index >= 15 is 0 Å². The van der Waals surface area contributed by atoms with Gasteiger partial charge in [0.2, 0.25) is 6.43 Å². The monoisotopic (exact) mass is 308 g/mol. The number of alkyl halides is 2. The first-order valence-corrected chi connectivity index (χ1v) is 7.01. The quantitative estimate of drug-likeness (QED) is 0.914. The maximum Gasteiger partial charge on any atom is 0.240 e. The Kier molecular flexibility index (Phi) is 5.39. The smallest absolute Gasteiger partial charge is 0.240 e. The molecule has 1 atom stereocenters. The highest BCUT2D eigenvalue weighted by atomic mass is 35.5. The van der Waals surface area contributed by atoms with Crippen LogP contribution in [0.4, 0.5) is 8.78 Å². The predicted octanol–water partition coefficient (Wildman–Crippen LogP) is 3.59. The van der Waals surface area contributed by atoms with Crippen LogP contribution >= 0.6 is 23.2 Å². The number of nitrogens with zero attached hydrogens (tertiary/aromatic N) is 1. The molecule has 1 N–H and O–H groups in total. The standard InChI is InChI=1S/C13H16Cl2F2N2/c14-10-2-1-9(7-11(10)15)12(8-13(16)17)19-5-3-18-4-6-19/h1-2,7,12-13,18H,3-6,8H2/t12-/m0/s1. The maximum absolute atomic E-state index is 12.8. The molecule has 1 aliphatic heterocycles. The molecule has 1 fully saturated rings. The zero-order valence-electron chi connectivity index (χ0n) is 10.4. The minimum absolute atomic E-state index is 0.183. The highest BCUT2D eigenvalue weighted by Gasteiger charge is 2.25. The topological polar surface area (TPSA) is 15.3 Å². The Morgan fingerprint density at radius 1 is 1.16 bits per heavy atom. The van der Waals surface area contributed by atoms with E-state index in [1.165, 1.54) is 0 Å². The van der Waals surface area contributed by atoms with Crippen LogP contribution < -0.4 is 5.32 Å². The van der Waals surface area contributed by atoms with Crippen molar-refractivity contribution in [3.8, 4) is 0 Å². The van der Waals surface area contributed by atoms with Gasteiger partial charge in [0.1, 0.15) is 0 Å². The first-order valence-electron chi connectivity index (χ1n) is 6.26. The number of hydrogen-bond donors (Lipinski definition) is 1. The summed E-state index contributed by atoms with van der Waals surface area (Å²) in [6, 6.07) is 4.83. The number of benzene rings is 1. The molecule has 0 saturated carbocycles. The minimum Gasteiger partial charge on any atom is -0.314 e. The van der Waals surface area contributed by atoms with Crippen LogP contribution in [0.1, 0.15) is 18.0 Å². The summed E-state index contributed by atoms with van der Waals surface area (Å²) >= 11 is 11.9. The summed E-state index contributed by atoms with van der Waals surface area (Å²) in [5.74, 6) is 0. The van der Waals surface area contributed by atoms with Crippen molar-refractivity contribution >= 4 is 23.2 Å². The number of nitrogens with one attached hydrogen (secondary N) is 1. The molecule has 2 rings (SSSR count). The lowest BCUT2D eigenvalue weighted by atomic mass is 10.0. The Morgan fingerprint density at radius 3 is 2.42 bits per heavy atom. The molecule has 2 nitrogen and oxygen atoms in total. The predicted molar refractivity (Wildman–Crippen MR) is 74.3 cm³/mol. The molecular formula is C13H16Cl2F2N2. The fraction of sp³-hybridized carbons (Fsp3) is 0.538. The van der Waals surface area contributed by atoms with Crippen molar-refractivity contribution in [2.24, 2.45) is 0 Å². The van der Waals surface area contributed by atoms with Crippen molar-refractivity contribution in [2.75, 3.05) is 26.2 Å². The van der Waals surface area contributed by atoms with Gasteiger partial charge in [-0.2, -0.15) is 0 Å². The van der Waals surface area contributed by atoms with Gasteiger partial charge in [-0.3, -0.25) is 4.90 Å². The highest BCUT2D eigenvalue weighted by Crippen LogP contribution is 2.32. The van der Waals surface area contributed by atoms with Crippen LogP contribution in [0.15, 0.2) is 18.2 Å². The van der Waals surface area contributed by atoms with Crippen LogP contribution in [0.5, 0.6) is 0 Å². The van der Waals surface area contributed by atoms with Crippen molar-refractivity contribution in [1.82, 2.24) is 10.2 Å².